The van der Waals surface area contributed by atoms with Gasteiger partial charge in [0.25, 0.3) is 5.56 Å². The lowest BCUT2D eigenvalue weighted by atomic mass is 10.1. The fourth-order valence-corrected chi connectivity index (χ4v) is 4.23. The molecular weight excluding hydrogens is 360 g/mol. The van der Waals surface area contributed by atoms with Crippen molar-refractivity contribution < 1.29 is 13.6 Å². The third kappa shape index (κ3) is 3.51. The molecule has 1 aromatic heterocycles. The molecule has 0 saturated carbocycles. The van der Waals surface area contributed by atoms with Crippen LogP contribution in [0.1, 0.15) is 36.2 Å². The monoisotopic (exact) mass is 379 g/mol. The molecule has 1 amide bonds. The van der Waals surface area contributed by atoms with Gasteiger partial charge in [0, 0.05) is 35.5 Å². The van der Waals surface area contributed by atoms with Gasteiger partial charge in [0.05, 0.1) is 6.04 Å². The van der Waals surface area contributed by atoms with E-state index in [4.69, 9.17) is 0 Å². The van der Waals surface area contributed by atoms with E-state index < -0.39 is 11.6 Å². The summed E-state index contributed by atoms with van der Waals surface area (Å²) >= 11 is 1.44. The minimum atomic E-state index is -0.699. The largest absolute Gasteiger partial charge is 0.352 e. The van der Waals surface area contributed by atoms with Crippen LogP contribution in [0.4, 0.5) is 8.78 Å². The van der Waals surface area contributed by atoms with Gasteiger partial charge in [-0.2, -0.15) is 0 Å². The quantitative estimate of drug-likeness (QED) is 0.812. The maximum Gasteiger partial charge on any atom is 0.257 e. The fourth-order valence-electron chi connectivity index (χ4n) is 3.05. The Bertz CT molecular complexity index is 894. The first-order valence-electron chi connectivity index (χ1n) is 8.36. The Morgan fingerprint density at radius 1 is 1.35 bits per heavy atom. The molecule has 3 rings (SSSR count). The van der Waals surface area contributed by atoms with Crippen LogP contribution in [-0.4, -0.2) is 21.2 Å². The van der Waals surface area contributed by atoms with E-state index in [0.29, 0.717) is 22.9 Å². The molecule has 1 unspecified atom stereocenters. The highest BCUT2D eigenvalue weighted by molar-refractivity contribution is 7.99. The van der Waals surface area contributed by atoms with Gasteiger partial charge in [-0.25, -0.2) is 13.8 Å². The molecule has 2 heterocycles. The molecular formula is C18H19F2N3O2S. The average Bonchev–Trinajstić information content (AvgIpc) is 2.97. The summed E-state index contributed by atoms with van der Waals surface area (Å²) in [7, 11) is 0. The third-order valence-corrected chi connectivity index (χ3v) is 5.55. The van der Waals surface area contributed by atoms with Crippen LogP contribution >= 0.6 is 11.8 Å². The van der Waals surface area contributed by atoms with Crippen LogP contribution in [0.15, 0.2) is 28.2 Å². The molecule has 0 aliphatic carbocycles. The molecule has 0 saturated heterocycles. The first-order valence-corrected chi connectivity index (χ1v) is 9.35. The lowest BCUT2D eigenvalue weighted by Gasteiger charge is -2.15. The van der Waals surface area contributed by atoms with E-state index in [0.717, 1.165) is 17.8 Å². The van der Waals surface area contributed by atoms with Crippen LogP contribution in [0.5, 0.6) is 0 Å². The van der Waals surface area contributed by atoms with Gasteiger partial charge in [-0.05, 0) is 25.5 Å². The lowest BCUT2D eigenvalue weighted by molar-refractivity contribution is -0.121. The van der Waals surface area contributed by atoms with E-state index in [1.807, 2.05) is 13.8 Å². The molecule has 1 aliphatic rings. The van der Waals surface area contributed by atoms with Gasteiger partial charge in [-0.15, -0.1) is 0 Å². The summed E-state index contributed by atoms with van der Waals surface area (Å²) in [5, 5.41) is 3.15. The van der Waals surface area contributed by atoms with E-state index in [1.165, 1.54) is 17.8 Å². The van der Waals surface area contributed by atoms with E-state index in [9.17, 15) is 18.4 Å². The fraction of sp³-hybridized carbons (Fsp3) is 0.389. The molecule has 0 bridgehead atoms. The van der Waals surface area contributed by atoms with E-state index in [1.54, 1.807) is 4.57 Å². The standard InChI is InChI=1S/C18H19F2N3O2S/c1-3-12-10(2)22-18-23(17(12)25)11(9-26-18)7-16(24)21-8-13-14(19)5-4-6-15(13)20/h4-6,11H,3,7-9H2,1-2H3,(H,21,24). The van der Waals surface area contributed by atoms with Crippen molar-refractivity contribution >= 4 is 17.7 Å². The summed E-state index contributed by atoms with van der Waals surface area (Å²) in [6, 6.07) is 3.25. The number of aryl methyl sites for hydroxylation is 1. The molecule has 138 valence electrons. The van der Waals surface area contributed by atoms with Crippen LogP contribution in [0.3, 0.4) is 0 Å². The van der Waals surface area contributed by atoms with Crippen molar-refractivity contribution in [1.82, 2.24) is 14.9 Å². The van der Waals surface area contributed by atoms with Gasteiger partial charge in [-0.3, -0.25) is 14.2 Å². The number of fused-ring (bicyclic) bond motifs is 1. The number of aromatic nitrogens is 2. The minimum Gasteiger partial charge on any atom is -0.352 e. The first kappa shape index (κ1) is 18.6. The average molecular weight is 379 g/mol. The van der Waals surface area contributed by atoms with Crippen molar-refractivity contribution in [2.75, 3.05) is 5.75 Å². The summed E-state index contributed by atoms with van der Waals surface area (Å²) in [4.78, 5) is 29.3. The number of hydrogen-bond acceptors (Lipinski definition) is 4. The number of nitrogens with one attached hydrogen (secondary N) is 1. The zero-order chi connectivity index (χ0) is 18.8. The van der Waals surface area contributed by atoms with Gasteiger partial charge in [0.2, 0.25) is 5.91 Å². The minimum absolute atomic E-state index is 0.0594. The number of rotatable bonds is 5. The van der Waals surface area contributed by atoms with Gasteiger partial charge in [0.1, 0.15) is 11.6 Å². The second-order valence-electron chi connectivity index (χ2n) is 6.13. The number of nitrogens with zero attached hydrogens (tertiary/aromatic N) is 2. The zero-order valence-corrected chi connectivity index (χ0v) is 15.3. The molecule has 1 aromatic carbocycles. The van der Waals surface area contributed by atoms with Gasteiger partial charge in [-0.1, -0.05) is 24.8 Å². The number of halogens is 2. The molecule has 0 spiro atoms. The number of carbonyl (C=O) groups excluding carboxylic acids is 1. The summed E-state index contributed by atoms with van der Waals surface area (Å²) in [5.41, 5.74) is 1.08. The van der Waals surface area contributed by atoms with E-state index >= 15 is 0 Å². The number of carbonyl (C=O) groups is 1. The van der Waals surface area contributed by atoms with Crippen LogP contribution in [0.25, 0.3) is 0 Å². The Kier molecular flexibility index (Phi) is 5.41. The molecule has 1 aliphatic heterocycles. The summed E-state index contributed by atoms with van der Waals surface area (Å²) in [6.07, 6.45) is 0.637. The second-order valence-corrected chi connectivity index (χ2v) is 7.12. The Labute approximate surface area is 153 Å². The van der Waals surface area contributed by atoms with E-state index in [2.05, 4.69) is 10.3 Å². The highest BCUT2D eigenvalue weighted by atomic mass is 32.2. The maximum absolute atomic E-state index is 13.6. The summed E-state index contributed by atoms with van der Waals surface area (Å²) in [5.74, 6) is -1.20. The van der Waals surface area contributed by atoms with Crippen molar-refractivity contribution in [2.24, 2.45) is 0 Å². The number of benzene rings is 1. The predicted octanol–water partition coefficient (Wildman–Crippen LogP) is 2.75. The molecule has 0 radical (unpaired) electrons. The number of amides is 1. The first-order chi connectivity index (χ1) is 12.4. The van der Waals surface area contributed by atoms with Crippen molar-refractivity contribution in [1.29, 1.82) is 0 Å². The van der Waals surface area contributed by atoms with Crippen molar-refractivity contribution in [2.45, 2.75) is 44.4 Å². The van der Waals surface area contributed by atoms with Crippen LogP contribution in [0.2, 0.25) is 0 Å². The topological polar surface area (TPSA) is 64.0 Å². The van der Waals surface area contributed by atoms with Crippen molar-refractivity contribution in [3.05, 3.63) is 57.0 Å². The zero-order valence-electron chi connectivity index (χ0n) is 14.5. The molecule has 1 N–H and O–H groups in total. The molecule has 8 heteroatoms. The maximum atomic E-state index is 13.6. The molecule has 26 heavy (non-hydrogen) atoms. The highest BCUT2D eigenvalue weighted by Gasteiger charge is 2.29. The SMILES string of the molecule is CCc1c(C)nc2n(c1=O)C(CC(=O)NCc1c(F)cccc1F)CS2. The van der Waals surface area contributed by atoms with Crippen molar-refractivity contribution in [3.63, 3.8) is 0 Å². The normalized spacial score (nSPS) is 15.8. The summed E-state index contributed by atoms with van der Waals surface area (Å²) < 4.78 is 28.8. The van der Waals surface area contributed by atoms with Crippen molar-refractivity contribution in [3.8, 4) is 0 Å². The van der Waals surface area contributed by atoms with E-state index in [-0.39, 0.29) is 36.0 Å². The molecule has 5 nitrogen and oxygen atoms in total. The van der Waals surface area contributed by atoms with Gasteiger partial charge in [0.15, 0.2) is 5.16 Å². The Morgan fingerprint density at radius 3 is 2.69 bits per heavy atom. The number of hydrogen-bond donors (Lipinski definition) is 1. The molecule has 2 aromatic rings. The van der Waals surface area contributed by atoms with Gasteiger partial charge < -0.3 is 5.32 Å². The lowest BCUT2D eigenvalue weighted by Crippen LogP contribution is -2.32. The number of thioether (sulfide) groups is 1. The van der Waals surface area contributed by atoms with Crippen LogP contribution in [0, 0.1) is 18.6 Å². The molecule has 1 atom stereocenters. The van der Waals surface area contributed by atoms with Crippen LogP contribution in [-0.2, 0) is 17.8 Å². The Balaban J connectivity index is 1.72. The Hall–Kier alpha value is -2.22. The third-order valence-electron chi connectivity index (χ3n) is 4.45. The molecule has 0 fully saturated rings. The summed E-state index contributed by atoms with van der Waals surface area (Å²) in [6.45, 7) is 3.47. The second kappa shape index (κ2) is 7.57. The van der Waals surface area contributed by atoms with Gasteiger partial charge >= 0.3 is 0 Å². The smallest absolute Gasteiger partial charge is 0.257 e. The predicted molar refractivity (Wildman–Crippen MR) is 95.2 cm³/mol. The van der Waals surface area contributed by atoms with Crippen LogP contribution < -0.4 is 10.9 Å². The Morgan fingerprint density at radius 2 is 2.04 bits per heavy atom. The highest BCUT2D eigenvalue weighted by Crippen LogP contribution is 2.32.